The highest BCUT2D eigenvalue weighted by Crippen LogP contribution is 2.48. The molecule has 1 unspecified atom stereocenters. The molecule has 1 saturated heterocycles. The summed E-state index contributed by atoms with van der Waals surface area (Å²) in [5.74, 6) is -1.21. The molecule has 0 aromatic heterocycles. The van der Waals surface area contributed by atoms with Crippen LogP contribution in [-0.2, 0) is 46.9 Å². The first-order valence-corrected chi connectivity index (χ1v) is 11.1. The molecule has 0 saturated carbocycles. The average molecular weight is 426 g/mol. The van der Waals surface area contributed by atoms with Crippen LogP contribution in [0.25, 0.3) is 0 Å². The van der Waals surface area contributed by atoms with Crippen molar-refractivity contribution in [2.24, 2.45) is 0 Å². The Labute approximate surface area is 165 Å². The van der Waals surface area contributed by atoms with Crippen molar-refractivity contribution in [2.45, 2.75) is 72.2 Å². The summed E-state index contributed by atoms with van der Waals surface area (Å²) >= 11 is 0. The second-order valence-corrected chi connectivity index (χ2v) is 7.98. The van der Waals surface area contributed by atoms with Gasteiger partial charge in [0.1, 0.15) is 0 Å². The molecule has 0 bridgehead atoms. The second-order valence-electron chi connectivity index (χ2n) is 5.99. The van der Waals surface area contributed by atoms with Crippen molar-refractivity contribution >= 4 is 19.5 Å². The van der Waals surface area contributed by atoms with Gasteiger partial charge in [-0.15, -0.1) is 0 Å². The van der Waals surface area contributed by atoms with Gasteiger partial charge < -0.3 is 32.7 Å². The third-order valence-electron chi connectivity index (χ3n) is 3.57. The Morgan fingerprint density at radius 1 is 0.893 bits per heavy atom. The molecule has 0 radical (unpaired) electrons. The van der Waals surface area contributed by atoms with Crippen LogP contribution in [0, 0.1) is 0 Å². The van der Waals surface area contributed by atoms with E-state index in [4.69, 9.17) is 32.7 Å². The Hall–Kier alpha value is -1.03. The molecule has 0 aromatic rings. The van der Waals surface area contributed by atoms with Crippen molar-refractivity contribution in [1.29, 1.82) is 0 Å². The Balaban J connectivity index is 2.95. The third-order valence-corrected chi connectivity index (χ3v) is 5.34. The molecule has 10 nitrogen and oxygen atoms in total. The molecule has 0 N–H and O–H groups in total. The lowest BCUT2D eigenvalue weighted by atomic mass is 10.2. The van der Waals surface area contributed by atoms with Crippen molar-refractivity contribution in [3.8, 4) is 0 Å². The molecule has 1 heterocycles. The van der Waals surface area contributed by atoms with Crippen molar-refractivity contribution in [3.63, 3.8) is 0 Å². The molecule has 1 aliphatic heterocycles. The molecule has 164 valence electrons. The number of hydrogen-bond acceptors (Lipinski definition) is 10. The van der Waals surface area contributed by atoms with E-state index in [2.05, 4.69) is 0 Å². The van der Waals surface area contributed by atoms with E-state index in [1.54, 1.807) is 13.8 Å². The lowest BCUT2D eigenvalue weighted by Gasteiger charge is -2.24. The smallest absolute Gasteiger partial charge is 0.356 e. The van der Waals surface area contributed by atoms with Gasteiger partial charge in [0.25, 0.3) is 0 Å². The molecule has 1 aliphatic rings. The van der Waals surface area contributed by atoms with E-state index in [1.165, 1.54) is 13.8 Å². The Kier molecular flexibility index (Phi) is 11.2. The Bertz CT molecular complexity index is 530. The summed E-state index contributed by atoms with van der Waals surface area (Å²) in [5, 5.41) is 0. The van der Waals surface area contributed by atoms with Gasteiger partial charge in [-0.25, -0.2) is 0 Å². The minimum absolute atomic E-state index is 0.175. The fourth-order valence-corrected chi connectivity index (χ4v) is 3.85. The summed E-state index contributed by atoms with van der Waals surface area (Å²) in [6.45, 7) is 8.49. The molecule has 0 amide bonds. The fourth-order valence-electron chi connectivity index (χ4n) is 2.51. The molecule has 11 heteroatoms. The molecule has 0 spiro atoms. The van der Waals surface area contributed by atoms with Gasteiger partial charge in [0.15, 0.2) is 24.8 Å². The van der Waals surface area contributed by atoms with Crippen LogP contribution >= 0.6 is 7.60 Å². The first-order chi connectivity index (χ1) is 13.3. The van der Waals surface area contributed by atoms with E-state index >= 15 is 0 Å². The van der Waals surface area contributed by atoms with E-state index in [-0.39, 0.29) is 13.2 Å². The number of unbranched alkanes of at least 4 members (excludes halogenated alkanes) is 1. The van der Waals surface area contributed by atoms with Crippen molar-refractivity contribution < 1.29 is 46.9 Å². The maximum absolute atomic E-state index is 12.6. The van der Waals surface area contributed by atoms with Gasteiger partial charge in [0, 0.05) is 20.5 Å². The van der Waals surface area contributed by atoms with Crippen molar-refractivity contribution in [3.05, 3.63) is 0 Å². The molecular weight excluding hydrogens is 395 g/mol. The zero-order valence-electron chi connectivity index (χ0n) is 17.1. The van der Waals surface area contributed by atoms with E-state index < -0.39 is 50.7 Å². The van der Waals surface area contributed by atoms with Gasteiger partial charge in [0.05, 0.1) is 13.2 Å². The Morgan fingerprint density at radius 3 is 2.00 bits per heavy atom. The zero-order valence-corrected chi connectivity index (χ0v) is 18.0. The highest BCUT2D eigenvalue weighted by atomic mass is 31.2. The summed E-state index contributed by atoms with van der Waals surface area (Å²) in [7, 11) is -3.50. The highest BCUT2D eigenvalue weighted by molar-refractivity contribution is 7.53. The van der Waals surface area contributed by atoms with Crippen LogP contribution in [0.4, 0.5) is 0 Å². The standard InChI is InChI=1S/C17H31O10P/c1-6-9-10-21-14-15(25-12(4)18)17(26-13(5)19)27-16(14)22-11-28(20,23-7-2)24-8-3/h14-17H,6-11H2,1-5H3/t14?,15-,16-,17+/m0/s1. The van der Waals surface area contributed by atoms with E-state index in [0.717, 1.165) is 12.8 Å². The average Bonchev–Trinajstić information content (AvgIpc) is 2.90. The molecule has 1 fully saturated rings. The number of esters is 2. The summed E-state index contributed by atoms with van der Waals surface area (Å²) in [5.41, 5.74) is 0. The summed E-state index contributed by atoms with van der Waals surface area (Å²) in [6, 6.07) is 0. The summed E-state index contributed by atoms with van der Waals surface area (Å²) < 4.78 is 50.3. The lowest BCUT2D eigenvalue weighted by Crippen LogP contribution is -2.41. The van der Waals surface area contributed by atoms with Crippen LogP contribution in [0.1, 0.15) is 47.5 Å². The van der Waals surface area contributed by atoms with Crippen LogP contribution < -0.4 is 0 Å². The quantitative estimate of drug-likeness (QED) is 0.247. The first-order valence-electron chi connectivity index (χ1n) is 9.37. The van der Waals surface area contributed by atoms with Crippen LogP contribution in [0.2, 0.25) is 0 Å². The van der Waals surface area contributed by atoms with E-state index in [1.807, 2.05) is 6.92 Å². The number of carbonyl (C=O) groups excluding carboxylic acids is 2. The maximum Gasteiger partial charge on any atom is 0.356 e. The predicted octanol–water partition coefficient (Wildman–Crippen LogP) is 2.59. The monoisotopic (exact) mass is 426 g/mol. The van der Waals surface area contributed by atoms with E-state index in [9.17, 15) is 14.2 Å². The first kappa shape index (κ1) is 25.0. The number of rotatable bonds is 13. The second kappa shape index (κ2) is 12.5. The predicted molar refractivity (Wildman–Crippen MR) is 97.4 cm³/mol. The molecular formula is C17H31O10P. The maximum atomic E-state index is 12.6. The topological polar surface area (TPSA) is 116 Å². The largest absolute Gasteiger partial charge is 0.453 e. The fraction of sp³-hybridized carbons (Fsp3) is 0.882. The van der Waals surface area contributed by atoms with Crippen LogP contribution in [0.3, 0.4) is 0 Å². The molecule has 0 aliphatic carbocycles. The third kappa shape index (κ3) is 8.14. The van der Waals surface area contributed by atoms with Gasteiger partial charge in [-0.05, 0) is 20.3 Å². The summed E-state index contributed by atoms with van der Waals surface area (Å²) in [6.07, 6.45) is -2.97. The van der Waals surface area contributed by atoms with Gasteiger partial charge in [-0.2, -0.15) is 0 Å². The minimum atomic E-state index is -3.50. The van der Waals surface area contributed by atoms with Gasteiger partial charge in [-0.1, -0.05) is 13.3 Å². The SMILES string of the molecule is CCCCOC1[C@@H](OCP(=O)(OCC)OCC)O[C@@H](OC(C)=O)[C@H]1OC(C)=O. The molecule has 4 atom stereocenters. The van der Waals surface area contributed by atoms with Crippen LogP contribution in [0.15, 0.2) is 0 Å². The van der Waals surface area contributed by atoms with Gasteiger partial charge in [-0.3, -0.25) is 14.2 Å². The van der Waals surface area contributed by atoms with Crippen molar-refractivity contribution in [2.75, 3.05) is 26.2 Å². The van der Waals surface area contributed by atoms with Gasteiger partial charge in [0.2, 0.25) is 6.29 Å². The number of carbonyl (C=O) groups is 2. The van der Waals surface area contributed by atoms with Crippen molar-refractivity contribution in [1.82, 2.24) is 0 Å². The number of hydrogen-bond donors (Lipinski definition) is 0. The van der Waals surface area contributed by atoms with Crippen LogP contribution in [-0.4, -0.2) is 62.9 Å². The van der Waals surface area contributed by atoms with E-state index in [0.29, 0.717) is 6.61 Å². The normalized spacial score (nSPS) is 24.9. The molecule has 0 aromatic carbocycles. The Morgan fingerprint density at radius 2 is 1.50 bits per heavy atom. The number of ether oxygens (including phenoxy) is 5. The van der Waals surface area contributed by atoms with Gasteiger partial charge >= 0.3 is 19.5 Å². The zero-order chi connectivity index (χ0) is 21.2. The molecule has 28 heavy (non-hydrogen) atoms. The molecule has 1 rings (SSSR count). The summed E-state index contributed by atoms with van der Waals surface area (Å²) in [4.78, 5) is 22.9. The van der Waals surface area contributed by atoms with Crippen LogP contribution in [0.5, 0.6) is 0 Å². The lowest BCUT2D eigenvalue weighted by molar-refractivity contribution is -0.221. The highest BCUT2D eigenvalue weighted by Gasteiger charge is 2.51. The minimum Gasteiger partial charge on any atom is -0.453 e.